The molecular formula is C31H56. The van der Waals surface area contributed by atoms with Gasteiger partial charge in [0.25, 0.3) is 0 Å². The summed E-state index contributed by atoms with van der Waals surface area (Å²) in [7, 11) is 0. The van der Waals surface area contributed by atoms with Crippen molar-refractivity contribution in [1.29, 1.82) is 0 Å². The number of hydrogen-bond acceptors (Lipinski definition) is 0. The molecule has 0 aliphatic heterocycles. The molecule has 5 rings (SSSR count). The SMILES string of the molecule is C=C[C@@]12CCC3(C)CCCC3C1CCC1[C@@]3(CC)CCCC[C@@H]3CC[C@]12C.CC.CC. The minimum atomic E-state index is 0.440. The molecule has 180 valence electrons. The largest absolute Gasteiger partial charge is 0.102 e. The standard InChI is InChI=1S/C27H44.2C2H6/c1-5-26-16-8-7-10-20(26)14-17-25(4)23(26)13-12-22-21-11-9-15-24(21,3)18-19-27(22,25)6-2;2*1-2/h6,20-23H,2,5,7-19H2,1,3-4H3;2*1-2H3/t20-,21?,22?,23?,24?,25-,26+,27-;;/m1../s1. The summed E-state index contributed by atoms with van der Waals surface area (Å²) in [6.07, 6.45) is 23.6. The van der Waals surface area contributed by atoms with E-state index in [0.717, 1.165) is 23.7 Å². The summed E-state index contributed by atoms with van der Waals surface area (Å²) in [6.45, 7) is 20.6. The second-order valence-electron chi connectivity index (χ2n) is 12.1. The van der Waals surface area contributed by atoms with Crippen LogP contribution in [-0.4, -0.2) is 0 Å². The van der Waals surface area contributed by atoms with Crippen molar-refractivity contribution in [1.82, 2.24) is 0 Å². The van der Waals surface area contributed by atoms with Crippen molar-refractivity contribution in [2.75, 3.05) is 0 Å². The fraction of sp³-hybridized carbons (Fsp3) is 0.935. The van der Waals surface area contributed by atoms with E-state index in [1.165, 1.54) is 89.9 Å². The second kappa shape index (κ2) is 9.54. The Morgan fingerprint density at radius 1 is 0.742 bits per heavy atom. The molecule has 5 aliphatic carbocycles. The van der Waals surface area contributed by atoms with E-state index in [2.05, 4.69) is 33.4 Å². The zero-order chi connectivity index (χ0) is 22.9. The lowest BCUT2D eigenvalue weighted by Gasteiger charge is -2.71. The lowest BCUT2D eigenvalue weighted by Crippen LogP contribution is -2.64. The van der Waals surface area contributed by atoms with Crippen LogP contribution in [0.25, 0.3) is 0 Å². The molecule has 0 aromatic carbocycles. The van der Waals surface area contributed by atoms with Crippen molar-refractivity contribution in [2.24, 2.45) is 45.3 Å². The minimum absolute atomic E-state index is 0.440. The molecule has 0 nitrogen and oxygen atoms in total. The van der Waals surface area contributed by atoms with Crippen molar-refractivity contribution >= 4 is 0 Å². The Labute approximate surface area is 196 Å². The summed E-state index contributed by atoms with van der Waals surface area (Å²) in [5, 5.41) is 0. The molecule has 0 N–H and O–H groups in total. The topological polar surface area (TPSA) is 0 Å². The molecule has 0 radical (unpaired) electrons. The Hall–Kier alpha value is -0.260. The maximum atomic E-state index is 4.59. The minimum Gasteiger partial charge on any atom is -0.102 e. The Balaban J connectivity index is 0.000000645. The predicted octanol–water partition coefficient (Wildman–Crippen LogP) is 10.2. The molecule has 5 fully saturated rings. The van der Waals surface area contributed by atoms with Gasteiger partial charge in [-0.2, -0.15) is 0 Å². The first kappa shape index (κ1) is 25.4. The quantitative estimate of drug-likeness (QED) is 0.384. The molecule has 8 atom stereocenters. The fourth-order valence-corrected chi connectivity index (χ4v) is 10.7. The number of fused-ring (bicyclic) bond motifs is 7. The maximum absolute atomic E-state index is 4.59. The average molecular weight is 429 g/mol. The van der Waals surface area contributed by atoms with E-state index in [4.69, 9.17) is 0 Å². The molecule has 4 unspecified atom stereocenters. The number of allylic oxidation sites excluding steroid dienone is 1. The van der Waals surface area contributed by atoms with Crippen molar-refractivity contribution < 1.29 is 0 Å². The molecule has 0 aromatic rings. The molecule has 0 saturated heterocycles. The highest BCUT2D eigenvalue weighted by molar-refractivity contribution is 5.22. The van der Waals surface area contributed by atoms with Gasteiger partial charge in [-0.1, -0.05) is 73.8 Å². The molecule has 0 amide bonds. The average Bonchev–Trinajstić information content (AvgIpc) is 3.22. The van der Waals surface area contributed by atoms with Gasteiger partial charge >= 0.3 is 0 Å². The normalized spacial score (nSPS) is 50.2. The van der Waals surface area contributed by atoms with E-state index in [1.54, 1.807) is 0 Å². The van der Waals surface area contributed by atoms with Gasteiger partial charge in [0.05, 0.1) is 0 Å². The van der Waals surface area contributed by atoms with Gasteiger partial charge in [-0.3, -0.25) is 0 Å². The van der Waals surface area contributed by atoms with E-state index in [-0.39, 0.29) is 0 Å². The highest BCUT2D eigenvalue weighted by Crippen LogP contribution is 2.76. The summed E-state index contributed by atoms with van der Waals surface area (Å²) in [5.74, 6) is 3.93. The van der Waals surface area contributed by atoms with E-state index < -0.39 is 0 Å². The third-order valence-electron chi connectivity index (χ3n) is 12.0. The van der Waals surface area contributed by atoms with E-state index >= 15 is 0 Å². The van der Waals surface area contributed by atoms with E-state index in [9.17, 15) is 0 Å². The Kier molecular flexibility index (Phi) is 7.81. The molecular weight excluding hydrogens is 372 g/mol. The highest BCUT2D eigenvalue weighted by Gasteiger charge is 2.68. The lowest BCUT2D eigenvalue weighted by atomic mass is 9.33. The summed E-state index contributed by atoms with van der Waals surface area (Å²) in [4.78, 5) is 0. The first-order chi connectivity index (χ1) is 15.0. The Morgan fingerprint density at radius 2 is 1.48 bits per heavy atom. The zero-order valence-corrected chi connectivity index (χ0v) is 22.5. The van der Waals surface area contributed by atoms with Gasteiger partial charge in [0.2, 0.25) is 0 Å². The third-order valence-corrected chi connectivity index (χ3v) is 12.0. The Bertz CT molecular complexity index is 605. The summed E-state index contributed by atoms with van der Waals surface area (Å²) in [5.41, 5.74) is 2.29. The first-order valence-corrected chi connectivity index (χ1v) is 14.6. The molecule has 0 heterocycles. The van der Waals surface area contributed by atoms with E-state index in [0.29, 0.717) is 21.7 Å². The van der Waals surface area contributed by atoms with Crippen LogP contribution in [0.1, 0.15) is 138 Å². The van der Waals surface area contributed by atoms with Crippen LogP contribution in [0.4, 0.5) is 0 Å². The second-order valence-corrected chi connectivity index (χ2v) is 12.1. The maximum Gasteiger partial charge on any atom is -0.00330 e. The van der Waals surface area contributed by atoms with Gasteiger partial charge in [-0.15, -0.1) is 6.58 Å². The van der Waals surface area contributed by atoms with Crippen molar-refractivity contribution in [3.63, 3.8) is 0 Å². The highest BCUT2D eigenvalue weighted by atomic mass is 14.7. The van der Waals surface area contributed by atoms with Gasteiger partial charge in [0.15, 0.2) is 0 Å². The van der Waals surface area contributed by atoms with Crippen molar-refractivity contribution in [3.8, 4) is 0 Å². The van der Waals surface area contributed by atoms with Crippen LogP contribution in [0.3, 0.4) is 0 Å². The van der Waals surface area contributed by atoms with Gasteiger partial charge in [0, 0.05) is 0 Å². The monoisotopic (exact) mass is 428 g/mol. The number of hydrogen-bond donors (Lipinski definition) is 0. The Morgan fingerprint density at radius 3 is 2.16 bits per heavy atom. The summed E-state index contributed by atoms with van der Waals surface area (Å²) in [6, 6.07) is 0. The van der Waals surface area contributed by atoms with E-state index in [1.807, 2.05) is 27.7 Å². The smallest absolute Gasteiger partial charge is 0.00330 e. The van der Waals surface area contributed by atoms with Gasteiger partial charge in [-0.05, 0) is 116 Å². The van der Waals surface area contributed by atoms with Crippen molar-refractivity contribution in [2.45, 2.75) is 138 Å². The third kappa shape index (κ3) is 3.43. The summed E-state index contributed by atoms with van der Waals surface area (Å²) < 4.78 is 0. The molecule has 0 spiro atoms. The molecule has 0 bridgehead atoms. The van der Waals surface area contributed by atoms with Gasteiger partial charge < -0.3 is 0 Å². The first-order valence-electron chi connectivity index (χ1n) is 14.6. The van der Waals surface area contributed by atoms with Crippen LogP contribution in [0, 0.1) is 45.3 Å². The van der Waals surface area contributed by atoms with Crippen LogP contribution < -0.4 is 0 Å². The predicted molar refractivity (Wildman–Crippen MR) is 138 cm³/mol. The lowest BCUT2D eigenvalue weighted by molar-refractivity contribution is -0.211. The van der Waals surface area contributed by atoms with Crippen LogP contribution in [0.2, 0.25) is 0 Å². The zero-order valence-electron chi connectivity index (χ0n) is 22.5. The van der Waals surface area contributed by atoms with Crippen LogP contribution in [-0.2, 0) is 0 Å². The van der Waals surface area contributed by atoms with Crippen molar-refractivity contribution in [3.05, 3.63) is 12.7 Å². The molecule has 31 heavy (non-hydrogen) atoms. The molecule has 5 aliphatic rings. The van der Waals surface area contributed by atoms with Crippen LogP contribution in [0.5, 0.6) is 0 Å². The molecule has 5 saturated carbocycles. The number of rotatable bonds is 2. The van der Waals surface area contributed by atoms with Gasteiger partial charge in [-0.25, -0.2) is 0 Å². The van der Waals surface area contributed by atoms with Gasteiger partial charge in [0.1, 0.15) is 0 Å². The molecule has 0 aromatic heterocycles. The van der Waals surface area contributed by atoms with Crippen LogP contribution in [0.15, 0.2) is 12.7 Å². The molecule has 0 heteroatoms. The van der Waals surface area contributed by atoms with Crippen LogP contribution >= 0.6 is 0 Å². The summed E-state index contributed by atoms with van der Waals surface area (Å²) >= 11 is 0. The fourth-order valence-electron chi connectivity index (χ4n) is 10.7.